The van der Waals surface area contributed by atoms with Gasteiger partial charge in [-0.1, -0.05) is 49.6 Å². The zero-order chi connectivity index (χ0) is 15.6. The zero-order valence-electron chi connectivity index (χ0n) is 14.0. The molecule has 130 valence electrons. The van der Waals surface area contributed by atoms with Crippen LogP contribution in [0.25, 0.3) is 0 Å². The van der Waals surface area contributed by atoms with E-state index in [2.05, 4.69) is 29.4 Å². The average Bonchev–Trinajstić information content (AvgIpc) is 2.56. The van der Waals surface area contributed by atoms with Gasteiger partial charge in [-0.05, 0) is 31.7 Å². The number of halogens is 1. The number of ether oxygens (including phenoxy) is 1. The summed E-state index contributed by atoms with van der Waals surface area (Å²) in [4.78, 5) is 4.39. The lowest BCUT2D eigenvalue weighted by molar-refractivity contribution is 0.0652. The van der Waals surface area contributed by atoms with E-state index in [-0.39, 0.29) is 30.1 Å². The van der Waals surface area contributed by atoms with Crippen molar-refractivity contribution in [2.45, 2.75) is 57.6 Å². The van der Waals surface area contributed by atoms with Gasteiger partial charge in [0.2, 0.25) is 0 Å². The van der Waals surface area contributed by atoms with Gasteiger partial charge in [0.05, 0.1) is 6.10 Å². The first-order chi connectivity index (χ1) is 10.8. The zero-order valence-corrected chi connectivity index (χ0v) is 16.4. The number of hydrogen-bond donors (Lipinski definition) is 2. The molecule has 1 aromatic rings. The van der Waals surface area contributed by atoms with Crippen LogP contribution in [0.4, 0.5) is 0 Å². The minimum Gasteiger partial charge on any atom is -0.374 e. The number of rotatable bonds is 7. The number of nitrogens with two attached hydrogens (primary N) is 1. The summed E-state index contributed by atoms with van der Waals surface area (Å²) in [6.45, 7) is 3.50. The third kappa shape index (κ3) is 8.01. The second-order valence-electron chi connectivity index (χ2n) is 6.02. The smallest absolute Gasteiger partial charge is 0.188 e. The number of aliphatic imine (C=N–C) groups is 1. The number of nitrogens with zero attached hydrogens (tertiary/aromatic N) is 1. The monoisotopic (exact) mass is 431 g/mol. The molecular formula is C18H30IN3O. The fraction of sp³-hybridized carbons (Fsp3) is 0.611. The van der Waals surface area contributed by atoms with Crippen molar-refractivity contribution in [2.75, 3.05) is 13.2 Å². The summed E-state index contributed by atoms with van der Waals surface area (Å²) in [5.41, 5.74) is 7.15. The maximum Gasteiger partial charge on any atom is 0.188 e. The Morgan fingerprint density at radius 1 is 1.26 bits per heavy atom. The molecule has 4 nitrogen and oxygen atoms in total. The molecule has 1 aromatic carbocycles. The van der Waals surface area contributed by atoms with Crippen LogP contribution in [0.2, 0.25) is 0 Å². The molecule has 23 heavy (non-hydrogen) atoms. The maximum atomic E-state index is 5.94. The first kappa shape index (κ1) is 20.2. The van der Waals surface area contributed by atoms with Crippen molar-refractivity contribution in [3.63, 3.8) is 0 Å². The summed E-state index contributed by atoms with van der Waals surface area (Å²) >= 11 is 0. The van der Waals surface area contributed by atoms with Gasteiger partial charge in [0.25, 0.3) is 0 Å². The summed E-state index contributed by atoms with van der Waals surface area (Å²) in [5, 5.41) is 3.33. The quantitative estimate of drug-likeness (QED) is 0.297. The van der Waals surface area contributed by atoms with Crippen LogP contribution < -0.4 is 11.1 Å². The summed E-state index contributed by atoms with van der Waals surface area (Å²) in [5.74, 6) is 0.586. The maximum absolute atomic E-state index is 5.94. The van der Waals surface area contributed by atoms with Crippen LogP contribution in [0.15, 0.2) is 35.3 Å². The molecule has 0 amide bonds. The molecule has 3 N–H and O–H groups in total. The summed E-state index contributed by atoms with van der Waals surface area (Å²) in [7, 11) is 0. The number of benzene rings is 1. The predicted molar refractivity (Wildman–Crippen MR) is 107 cm³/mol. The van der Waals surface area contributed by atoms with Crippen molar-refractivity contribution >= 4 is 29.9 Å². The standard InChI is InChI=1S/C18H29N3O.HI/c1-15(16-9-4-2-5-10-16)22-14-8-13-20-18(19)21-17-11-6-3-7-12-17;/h2,4-5,9-10,15,17H,3,6-8,11-14H2,1H3,(H3,19,20,21);1H. The highest BCUT2D eigenvalue weighted by Crippen LogP contribution is 2.17. The Hall–Kier alpha value is -0.820. The number of nitrogens with one attached hydrogen (secondary N) is 1. The minimum absolute atomic E-state index is 0. The van der Waals surface area contributed by atoms with E-state index in [1.54, 1.807) is 0 Å². The molecule has 1 fully saturated rings. The fourth-order valence-corrected chi connectivity index (χ4v) is 2.85. The molecule has 0 aliphatic heterocycles. The van der Waals surface area contributed by atoms with Gasteiger partial charge in [-0.3, -0.25) is 4.99 Å². The van der Waals surface area contributed by atoms with Crippen molar-refractivity contribution in [1.29, 1.82) is 0 Å². The predicted octanol–water partition coefficient (Wildman–Crippen LogP) is 4.01. The Bertz CT molecular complexity index is 447. The first-order valence-electron chi connectivity index (χ1n) is 8.48. The van der Waals surface area contributed by atoms with E-state index in [4.69, 9.17) is 10.5 Å². The topological polar surface area (TPSA) is 59.6 Å². The molecular weight excluding hydrogens is 401 g/mol. The van der Waals surface area contributed by atoms with Crippen LogP contribution in [0.3, 0.4) is 0 Å². The summed E-state index contributed by atoms with van der Waals surface area (Å²) in [6, 6.07) is 10.8. The molecule has 0 saturated heterocycles. The highest BCUT2D eigenvalue weighted by atomic mass is 127. The van der Waals surface area contributed by atoms with Gasteiger partial charge >= 0.3 is 0 Å². The van der Waals surface area contributed by atoms with E-state index in [0.29, 0.717) is 25.2 Å². The van der Waals surface area contributed by atoms with Gasteiger partial charge < -0.3 is 15.8 Å². The van der Waals surface area contributed by atoms with Crippen molar-refractivity contribution in [3.8, 4) is 0 Å². The fourth-order valence-electron chi connectivity index (χ4n) is 2.85. The Morgan fingerprint density at radius 2 is 1.96 bits per heavy atom. The van der Waals surface area contributed by atoms with Crippen molar-refractivity contribution in [1.82, 2.24) is 5.32 Å². The van der Waals surface area contributed by atoms with E-state index < -0.39 is 0 Å². The van der Waals surface area contributed by atoms with Crippen molar-refractivity contribution in [2.24, 2.45) is 10.7 Å². The van der Waals surface area contributed by atoms with Crippen LogP contribution in [-0.4, -0.2) is 25.2 Å². The molecule has 1 atom stereocenters. The third-order valence-corrected chi connectivity index (χ3v) is 4.18. The van der Waals surface area contributed by atoms with E-state index in [1.165, 1.54) is 37.7 Å². The molecule has 0 radical (unpaired) electrons. The molecule has 1 aliphatic rings. The molecule has 1 unspecified atom stereocenters. The average molecular weight is 431 g/mol. The Balaban J connectivity index is 0.00000264. The van der Waals surface area contributed by atoms with Gasteiger partial charge in [-0.15, -0.1) is 24.0 Å². The molecule has 1 aliphatic carbocycles. The van der Waals surface area contributed by atoms with Gasteiger partial charge in [0, 0.05) is 19.2 Å². The first-order valence-corrected chi connectivity index (χ1v) is 8.48. The molecule has 0 bridgehead atoms. The molecule has 0 heterocycles. The normalized spacial score (nSPS) is 17.3. The number of guanidine groups is 1. The van der Waals surface area contributed by atoms with Gasteiger partial charge in [-0.25, -0.2) is 0 Å². The molecule has 2 rings (SSSR count). The van der Waals surface area contributed by atoms with E-state index in [1.807, 2.05) is 18.2 Å². The van der Waals surface area contributed by atoms with Crippen LogP contribution in [0.5, 0.6) is 0 Å². The van der Waals surface area contributed by atoms with Crippen LogP contribution >= 0.6 is 24.0 Å². The molecule has 0 spiro atoms. The second-order valence-corrected chi connectivity index (χ2v) is 6.02. The lowest BCUT2D eigenvalue weighted by atomic mass is 9.96. The SMILES string of the molecule is CC(OCCCN=C(N)NC1CCCCC1)c1ccccc1.I. The third-order valence-electron chi connectivity index (χ3n) is 4.18. The van der Waals surface area contributed by atoms with Gasteiger partial charge in [-0.2, -0.15) is 0 Å². The van der Waals surface area contributed by atoms with Crippen molar-refractivity contribution in [3.05, 3.63) is 35.9 Å². The second kappa shape index (κ2) is 11.7. The summed E-state index contributed by atoms with van der Waals surface area (Å²) < 4.78 is 5.83. The van der Waals surface area contributed by atoms with Crippen LogP contribution in [-0.2, 0) is 4.74 Å². The van der Waals surface area contributed by atoms with Crippen molar-refractivity contribution < 1.29 is 4.74 Å². The lowest BCUT2D eigenvalue weighted by Gasteiger charge is -2.23. The van der Waals surface area contributed by atoms with E-state index >= 15 is 0 Å². The van der Waals surface area contributed by atoms with E-state index in [9.17, 15) is 0 Å². The molecule has 5 heteroatoms. The Kier molecular flexibility index (Phi) is 10.3. The van der Waals surface area contributed by atoms with Crippen LogP contribution in [0.1, 0.15) is 57.1 Å². The Labute approximate surface area is 157 Å². The molecule has 0 aromatic heterocycles. The molecule has 1 saturated carbocycles. The summed E-state index contributed by atoms with van der Waals surface area (Å²) in [6.07, 6.45) is 7.41. The van der Waals surface area contributed by atoms with Gasteiger partial charge in [0.1, 0.15) is 0 Å². The van der Waals surface area contributed by atoms with E-state index in [0.717, 1.165) is 6.42 Å². The van der Waals surface area contributed by atoms with Crippen LogP contribution in [0, 0.1) is 0 Å². The van der Waals surface area contributed by atoms with Gasteiger partial charge in [0.15, 0.2) is 5.96 Å². The Morgan fingerprint density at radius 3 is 2.65 bits per heavy atom. The highest BCUT2D eigenvalue weighted by Gasteiger charge is 2.13. The minimum atomic E-state index is 0. The number of hydrogen-bond acceptors (Lipinski definition) is 2. The largest absolute Gasteiger partial charge is 0.374 e. The lowest BCUT2D eigenvalue weighted by Crippen LogP contribution is -2.41. The highest BCUT2D eigenvalue weighted by molar-refractivity contribution is 14.0.